The molecule has 106 valence electrons. The Kier molecular flexibility index (Phi) is 4.97. The summed E-state index contributed by atoms with van der Waals surface area (Å²) in [7, 11) is 0. The van der Waals surface area contributed by atoms with Crippen molar-refractivity contribution >= 4 is 5.91 Å². The molecule has 0 bridgehead atoms. The molecule has 0 heterocycles. The van der Waals surface area contributed by atoms with E-state index < -0.39 is 0 Å². The van der Waals surface area contributed by atoms with Crippen LogP contribution in [-0.4, -0.2) is 25.6 Å². The monoisotopic (exact) mass is 273 g/mol. The third kappa shape index (κ3) is 3.49. The summed E-state index contributed by atoms with van der Waals surface area (Å²) in [6, 6.07) is 8.25. The largest absolute Gasteiger partial charge is 0.484 e. The maximum atomic E-state index is 11.3. The number of nitrogens with zero attached hydrogens (tertiary/aromatic N) is 1. The van der Waals surface area contributed by atoms with Crippen LogP contribution in [0.1, 0.15) is 30.5 Å². The van der Waals surface area contributed by atoms with Crippen LogP contribution in [0.2, 0.25) is 0 Å². The minimum Gasteiger partial charge on any atom is -0.484 e. The lowest BCUT2D eigenvalue weighted by atomic mass is 10.1. The Morgan fingerprint density at radius 2 is 2.40 bits per heavy atom. The number of nitriles is 1. The number of carbonyl (C=O) groups is 1. The molecule has 2 rings (SSSR count). The number of fused-ring (bicyclic) bond motifs is 1. The van der Waals surface area contributed by atoms with Gasteiger partial charge in [-0.3, -0.25) is 4.79 Å². The summed E-state index contributed by atoms with van der Waals surface area (Å²) in [5, 5.41) is 14.3. The van der Waals surface area contributed by atoms with E-state index in [-0.39, 0.29) is 19.1 Å². The van der Waals surface area contributed by atoms with Crippen LogP contribution >= 0.6 is 0 Å². The Morgan fingerprint density at radius 1 is 1.55 bits per heavy atom. The fourth-order valence-electron chi connectivity index (χ4n) is 2.48. The van der Waals surface area contributed by atoms with Gasteiger partial charge in [0, 0.05) is 6.04 Å². The predicted octanol–water partition coefficient (Wildman–Crippen LogP) is 1.30. The van der Waals surface area contributed by atoms with E-state index in [4.69, 9.17) is 10.00 Å². The number of carbonyl (C=O) groups excluding carboxylic acids is 1. The van der Waals surface area contributed by atoms with E-state index >= 15 is 0 Å². The van der Waals surface area contributed by atoms with E-state index in [1.807, 2.05) is 18.2 Å². The zero-order valence-electron chi connectivity index (χ0n) is 11.6. The molecule has 0 aliphatic heterocycles. The molecule has 0 saturated carbocycles. The fraction of sp³-hybridized carbons (Fsp3) is 0.467. The zero-order chi connectivity index (χ0) is 14.4. The first-order valence-electron chi connectivity index (χ1n) is 6.87. The molecule has 0 saturated heterocycles. The van der Waals surface area contributed by atoms with Crippen LogP contribution in [0.4, 0.5) is 0 Å². The summed E-state index contributed by atoms with van der Waals surface area (Å²) >= 11 is 0. The van der Waals surface area contributed by atoms with Gasteiger partial charge in [0.25, 0.3) is 5.91 Å². The normalized spacial score (nSPS) is 16.3. The zero-order valence-corrected chi connectivity index (χ0v) is 11.6. The Bertz CT molecular complexity index is 522. The van der Waals surface area contributed by atoms with Crippen molar-refractivity contribution in [1.29, 1.82) is 5.26 Å². The molecule has 1 aliphatic rings. The Hall–Kier alpha value is -2.06. The van der Waals surface area contributed by atoms with Crippen LogP contribution in [0.25, 0.3) is 0 Å². The maximum absolute atomic E-state index is 11.3. The van der Waals surface area contributed by atoms with Crippen LogP contribution in [0.15, 0.2) is 18.2 Å². The first-order valence-corrected chi connectivity index (χ1v) is 6.87. The van der Waals surface area contributed by atoms with E-state index in [1.165, 1.54) is 11.1 Å². The SMILES string of the molecule is CCNC1CCc2cc(OCC(=O)NCC#N)ccc21. The fourth-order valence-corrected chi connectivity index (χ4v) is 2.48. The number of hydrogen-bond acceptors (Lipinski definition) is 4. The summed E-state index contributed by atoms with van der Waals surface area (Å²) < 4.78 is 5.44. The Morgan fingerprint density at radius 3 is 3.15 bits per heavy atom. The molecule has 5 heteroatoms. The van der Waals surface area contributed by atoms with Crippen LogP contribution in [0, 0.1) is 11.3 Å². The number of aryl methyl sites for hydroxylation is 1. The van der Waals surface area contributed by atoms with E-state index in [0.29, 0.717) is 11.8 Å². The quantitative estimate of drug-likeness (QED) is 0.766. The summed E-state index contributed by atoms with van der Waals surface area (Å²) in [4.78, 5) is 11.3. The lowest BCUT2D eigenvalue weighted by Crippen LogP contribution is -2.29. The topological polar surface area (TPSA) is 74.2 Å². The average molecular weight is 273 g/mol. The van der Waals surface area contributed by atoms with Gasteiger partial charge in [0.15, 0.2) is 6.61 Å². The van der Waals surface area contributed by atoms with Crippen molar-refractivity contribution < 1.29 is 9.53 Å². The first-order chi connectivity index (χ1) is 9.74. The molecular formula is C15H19N3O2. The maximum Gasteiger partial charge on any atom is 0.258 e. The van der Waals surface area contributed by atoms with Crippen LogP contribution in [0.5, 0.6) is 5.75 Å². The lowest BCUT2D eigenvalue weighted by Gasteiger charge is -2.13. The summed E-state index contributed by atoms with van der Waals surface area (Å²) in [5.41, 5.74) is 2.61. The first kappa shape index (κ1) is 14.4. The molecular weight excluding hydrogens is 254 g/mol. The molecule has 1 unspecified atom stereocenters. The van der Waals surface area contributed by atoms with E-state index in [9.17, 15) is 4.79 Å². The summed E-state index contributed by atoms with van der Waals surface area (Å²) in [5.74, 6) is 0.422. The van der Waals surface area contributed by atoms with E-state index in [1.54, 1.807) is 0 Å². The molecule has 1 amide bonds. The van der Waals surface area contributed by atoms with Crippen molar-refractivity contribution in [2.75, 3.05) is 19.7 Å². The predicted molar refractivity (Wildman–Crippen MR) is 75.3 cm³/mol. The minimum atomic E-state index is -0.280. The van der Waals surface area contributed by atoms with Gasteiger partial charge in [-0.05, 0) is 42.6 Å². The molecule has 0 aromatic heterocycles. The van der Waals surface area contributed by atoms with Gasteiger partial charge in [0.2, 0.25) is 0 Å². The molecule has 5 nitrogen and oxygen atoms in total. The van der Waals surface area contributed by atoms with Crippen molar-refractivity contribution in [2.24, 2.45) is 0 Å². The highest BCUT2D eigenvalue weighted by Gasteiger charge is 2.21. The highest BCUT2D eigenvalue weighted by molar-refractivity contribution is 5.77. The molecule has 2 N–H and O–H groups in total. The minimum absolute atomic E-state index is 0.0107. The van der Waals surface area contributed by atoms with Gasteiger partial charge in [-0.2, -0.15) is 5.26 Å². The standard InChI is InChI=1S/C15H19N3O2/c1-2-17-14-6-3-11-9-12(4-5-13(11)14)20-10-15(19)18-8-7-16/h4-5,9,14,17H,2-3,6,8,10H2,1H3,(H,18,19). The van der Waals surface area contributed by atoms with Crippen LogP contribution in [0.3, 0.4) is 0 Å². The van der Waals surface area contributed by atoms with Crippen molar-refractivity contribution in [2.45, 2.75) is 25.8 Å². The molecule has 0 radical (unpaired) electrons. The van der Waals surface area contributed by atoms with Gasteiger partial charge >= 0.3 is 0 Å². The van der Waals surface area contributed by atoms with E-state index in [0.717, 1.165) is 19.4 Å². The van der Waals surface area contributed by atoms with Gasteiger partial charge < -0.3 is 15.4 Å². The van der Waals surface area contributed by atoms with Gasteiger partial charge in [0.05, 0.1) is 6.07 Å². The van der Waals surface area contributed by atoms with Crippen molar-refractivity contribution in [3.63, 3.8) is 0 Å². The summed E-state index contributed by atoms with van der Waals surface area (Å²) in [6.07, 6.45) is 2.14. The lowest BCUT2D eigenvalue weighted by molar-refractivity contribution is -0.122. The molecule has 1 aromatic rings. The summed E-state index contributed by atoms with van der Waals surface area (Å²) in [6.45, 7) is 3.02. The number of rotatable bonds is 6. The van der Waals surface area contributed by atoms with Gasteiger partial charge in [-0.1, -0.05) is 13.0 Å². The average Bonchev–Trinajstić information content (AvgIpc) is 2.86. The number of nitrogens with one attached hydrogen (secondary N) is 2. The molecule has 20 heavy (non-hydrogen) atoms. The van der Waals surface area contributed by atoms with Crippen molar-refractivity contribution in [3.8, 4) is 11.8 Å². The Labute approximate surface area is 118 Å². The van der Waals surface area contributed by atoms with Crippen molar-refractivity contribution in [3.05, 3.63) is 29.3 Å². The molecule has 1 atom stereocenters. The molecule has 1 aliphatic carbocycles. The molecule has 0 fully saturated rings. The highest BCUT2D eigenvalue weighted by Crippen LogP contribution is 2.33. The molecule has 1 aromatic carbocycles. The van der Waals surface area contributed by atoms with Gasteiger partial charge in [-0.15, -0.1) is 0 Å². The molecule has 0 spiro atoms. The second-order valence-electron chi connectivity index (χ2n) is 4.73. The number of ether oxygens (including phenoxy) is 1. The third-order valence-electron chi connectivity index (χ3n) is 3.38. The number of amides is 1. The highest BCUT2D eigenvalue weighted by atomic mass is 16.5. The Balaban J connectivity index is 1.92. The van der Waals surface area contributed by atoms with E-state index in [2.05, 4.69) is 23.6 Å². The van der Waals surface area contributed by atoms with Crippen LogP contribution in [-0.2, 0) is 11.2 Å². The second kappa shape index (κ2) is 6.92. The van der Waals surface area contributed by atoms with Crippen molar-refractivity contribution in [1.82, 2.24) is 10.6 Å². The smallest absolute Gasteiger partial charge is 0.258 e. The number of hydrogen-bond donors (Lipinski definition) is 2. The van der Waals surface area contributed by atoms with Gasteiger partial charge in [0.1, 0.15) is 12.3 Å². The second-order valence-corrected chi connectivity index (χ2v) is 4.73. The third-order valence-corrected chi connectivity index (χ3v) is 3.38. The number of benzene rings is 1. The van der Waals surface area contributed by atoms with Gasteiger partial charge in [-0.25, -0.2) is 0 Å². The van der Waals surface area contributed by atoms with Crippen LogP contribution < -0.4 is 15.4 Å².